The molecule has 1 atom stereocenters. The zero-order chi connectivity index (χ0) is 13.5. The van der Waals surface area contributed by atoms with Gasteiger partial charge in [0.1, 0.15) is 12.4 Å². The predicted octanol–water partition coefficient (Wildman–Crippen LogP) is 2.20. The van der Waals surface area contributed by atoms with E-state index in [1.54, 1.807) is 48.4 Å². The van der Waals surface area contributed by atoms with Gasteiger partial charge in [-0.1, -0.05) is 0 Å². The van der Waals surface area contributed by atoms with E-state index in [0.29, 0.717) is 17.2 Å². The number of anilines is 1. The van der Waals surface area contributed by atoms with Gasteiger partial charge in [-0.05, 0) is 36.4 Å². The number of benzene rings is 1. The van der Waals surface area contributed by atoms with Gasteiger partial charge in [0.05, 0.1) is 6.10 Å². The Morgan fingerprint density at radius 3 is 2.53 bits per heavy atom. The van der Waals surface area contributed by atoms with E-state index >= 15 is 0 Å². The highest BCUT2D eigenvalue weighted by molar-refractivity contribution is 7.99. The molecule has 1 unspecified atom stereocenters. The highest BCUT2D eigenvalue weighted by Gasteiger charge is 2.06. The summed E-state index contributed by atoms with van der Waals surface area (Å²) in [6.07, 6.45) is 2.95. The van der Waals surface area contributed by atoms with Gasteiger partial charge in [0.15, 0.2) is 0 Å². The Labute approximate surface area is 116 Å². The first kappa shape index (κ1) is 13.7. The largest absolute Gasteiger partial charge is 0.491 e. The fourth-order valence-corrected chi connectivity index (χ4v) is 2.23. The lowest BCUT2D eigenvalue weighted by Crippen LogP contribution is -2.20. The Morgan fingerprint density at radius 2 is 1.84 bits per heavy atom. The fourth-order valence-electron chi connectivity index (χ4n) is 1.43. The molecule has 0 fully saturated rings. The summed E-state index contributed by atoms with van der Waals surface area (Å²) < 4.78 is 5.48. The molecule has 4 nitrogen and oxygen atoms in total. The number of nitrogen functional groups attached to an aromatic ring is 1. The molecule has 0 saturated heterocycles. The van der Waals surface area contributed by atoms with Gasteiger partial charge in [0.25, 0.3) is 0 Å². The van der Waals surface area contributed by atoms with Crippen molar-refractivity contribution in [3.63, 3.8) is 0 Å². The van der Waals surface area contributed by atoms with Gasteiger partial charge in [0.2, 0.25) is 0 Å². The maximum Gasteiger partial charge on any atom is 0.119 e. The molecule has 5 heteroatoms. The monoisotopic (exact) mass is 276 g/mol. The van der Waals surface area contributed by atoms with Gasteiger partial charge in [-0.25, -0.2) is 0 Å². The number of hydrogen-bond donors (Lipinski definition) is 2. The molecular formula is C14H16N2O2S. The third-order valence-corrected chi connectivity index (χ3v) is 3.57. The minimum atomic E-state index is -0.518. The third-order valence-electron chi connectivity index (χ3n) is 2.41. The molecule has 100 valence electrons. The van der Waals surface area contributed by atoms with Crippen molar-refractivity contribution in [1.82, 2.24) is 4.98 Å². The van der Waals surface area contributed by atoms with E-state index in [1.807, 2.05) is 12.1 Å². The van der Waals surface area contributed by atoms with Crippen LogP contribution < -0.4 is 10.5 Å². The summed E-state index contributed by atoms with van der Waals surface area (Å²) in [5, 5.41) is 9.84. The van der Waals surface area contributed by atoms with Crippen LogP contribution in [-0.2, 0) is 0 Å². The molecule has 0 saturated carbocycles. The number of nitrogens with zero attached hydrogens (tertiary/aromatic N) is 1. The van der Waals surface area contributed by atoms with Crippen molar-refractivity contribution in [3.05, 3.63) is 48.8 Å². The number of thioether (sulfide) groups is 1. The number of aromatic nitrogens is 1. The number of aliphatic hydroxyl groups is 1. The molecule has 0 aliphatic carbocycles. The summed E-state index contributed by atoms with van der Waals surface area (Å²) >= 11 is 1.58. The molecule has 0 amide bonds. The smallest absolute Gasteiger partial charge is 0.119 e. The molecule has 2 aromatic rings. The number of nitrogens with two attached hydrogens (primary N) is 1. The van der Waals surface area contributed by atoms with Crippen LogP contribution in [0.4, 0.5) is 5.69 Å². The van der Waals surface area contributed by atoms with E-state index < -0.39 is 6.10 Å². The van der Waals surface area contributed by atoms with Crippen LogP contribution in [0.1, 0.15) is 0 Å². The third kappa shape index (κ3) is 4.81. The number of aliphatic hydroxyl groups excluding tert-OH is 1. The van der Waals surface area contributed by atoms with Crippen molar-refractivity contribution in [2.75, 3.05) is 18.1 Å². The van der Waals surface area contributed by atoms with E-state index in [4.69, 9.17) is 10.5 Å². The normalized spacial score (nSPS) is 12.1. The topological polar surface area (TPSA) is 68.4 Å². The van der Waals surface area contributed by atoms with Crippen LogP contribution in [-0.4, -0.2) is 28.6 Å². The Hall–Kier alpha value is -1.72. The second-order valence-electron chi connectivity index (χ2n) is 4.03. The second-order valence-corrected chi connectivity index (χ2v) is 5.12. The summed E-state index contributed by atoms with van der Waals surface area (Å²) in [4.78, 5) is 5.03. The maximum absolute atomic E-state index is 9.84. The van der Waals surface area contributed by atoms with Gasteiger partial charge in [-0.2, -0.15) is 0 Å². The van der Waals surface area contributed by atoms with Crippen LogP contribution >= 0.6 is 11.8 Å². The lowest BCUT2D eigenvalue weighted by atomic mass is 10.3. The van der Waals surface area contributed by atoms with Crippen LogP contribution in [0.15, 0.2) is 53.7 Å². The quantitative estimate of drug-likeness (QED) is 0.625. The lowest BCUT2D eigenvalue weighted by molar-refractivity contribution is 0.126. The van der Waals surface area contributed by atoms with Gasteiger partial charge in [-0.3, -0.25) is 4.98 Å². The van der Waals surface area contributed by atoms with Crippen molar-refractivity contribution >= 4 is 17.4 Å². The number of rotatable bonds is 6. The van der Waals surface area contributed by atoms with E-state index in [-0.39, 0.29) is 6.61 Å². The number of hydrogen-bond acceptors (Lipinski definition) is 5. The van der Waals surface area contributed by atoms with Crippen LogP contribution in [0, 0.1) is 0 Å². The molecule has 0 radical (unpaired) electrons. The van der Waals surface area contributed by atoms with E-state index in [0.717, 1.165) is 4.90 Å². The summed E-state index contributed by atoms with van der Waals surface area (Å²) in [7, 11) is 0. The Kier molecular flexibility index (Phi) is 5.06. The zero-order valence-corrected chi connectivity index (χ0v) is 11.2. The Balaban J connectivity index is 1.72. The first-order chi connectivity index (χ1) is 9.24. The highest BCUT2D eigenvalue weighted by atomic mass is 32.2. The number of ether oxygens (including phenoxy) is 1. The Bertz CT molecular complexity index is 491. The van der Waals surface area contributed by atoms with Crippen LogP contribution in [0.25, 0.3) is 0 Å². The average Bonchev–Trinajstić information content (AvgIpc) is 2.45. The lowest BCUT2D eigenvalue weighted by Gasteiger charge is -2.12. The van der Waals surface area contributed by atoms with Crippen LogP contribution in [0.3, 0.4) is 0 Å². The minimum Gasteiger partial charge on any atom is -0.491 e. The first-order valence-electron chi connectivity index (χ1n) is 5.93. The summed E-state index contributed by atoms with van der Waals surface area (Å²) in [5.41, 5.74) is 6.28. The summed E-state index contributed by atoms with van der Waals surface area (Å²) in [5.74, 6) is 1.29. The van der Waals surface area contributed by atoms with E-state index in [2.05, 4.69) is 4.98 Å². The molecule has 0 spiro atoms. The number of pyridine rings is 1. The molecule has 0 aliphatic rings. The van der Waals surface area contributed by atoms with Crippen molar-refractivity contribution in [3.8, 4) is 5.75 Å². The summed E-state index contributed by atoms with van der Waals surface area (Å²) in [6.45, 7) is 0.266. The van der Waals surface area contributed by atoms with E-state index in [1.165, 1.54) is 0 Å². The zero-order valence-electron chi connectivity index (χ0n) is 10.4. The molecule has 3 N–H and O–H groups in total. The predicted molar refractivity (Wildman–Crippen MR) is 77.3 cm³/mol. The van der Waals surface area contributed by atoms with Crippen molar-refractivity contribution in [2.45, 2.75) is 11.0 Å². The molecule has 1 aromatic heterocycles. The molecular weight excluding hydrogens is 260 g/mol. The molecule has 1 aromatic carbocycles. The minimum absolute atomic E-state index is 0.266. The average molecular weight is 276 g/mol. The maximum atomic E-state index is 9.84. The Morgan fingerprint density at radius 1 is 1.16 bits per heavy atom. The summed E-state index contributed by atoms with van der Waals surface area (Å²) in [6, 6.07) is 11.0. The molecule has 19 heavy (non-hydrogen) atoms. The standard InChI is InChI=1S/C14H16N2O2S/c15-11-1-3-13(4-2-11)18-9-12(17)10-19-14-5-7-16-8-6-14/h1-8,12,17H,9-10,15H2. The van der Waals surface area contributed by atoms with E-state index in [9.17, 15) is 5.11 Å². The van der Waals surface area contributed by atoms with Crippen LogP contribution in [0.2, 0.25) is 0 Å². The second kappa shape index (κ2) is 7.01. The molecule has 2 rings (SSSR count). The molecule has 1 heterocycles. The van der Waals surface area contributed by atoms with Gasteiger partial charge in [0, 0.05) is 28.7 Å². The first-order valence-corrected chi connectivity index (χ1v) is 6.92. The van der Waals surface area contributed by atoms with Gasteiger partial charge >= 0.3 is 0 Å². The SMILES string of the molecule is Nc1ccc(OCC(O)CSc2ccncc2)cc1. The van der Waals surface area contributed by atoms with Crippen molar-refractivity contribution < 1.29 is 9.84 Å². The van der Waals surface area contributed by atoms with Crippen LogP contribution in [0.5, 0.6) is 5.75 Å². The molecule has 0 aliphatic heterocycles. The fraction of sp³-hybridized carbons (Fsp3) is 0.214. The molecule has 0 bridgehead atoms. The van der Waals surface area contributed by atoms with Gasteiger partial charge in [-0.15, -0.1) is 11.8 Å². The van der Waals surface area contributed by atoms with Crippen molar-refractivity contribution in [1.29, 1.82) is 0 Å². The van der Waals surface area contributed by atoms with Crippen molar-refractivity contribution in [2.24, 2.45) is 0 Å². The highest BCUT2D eigenvalue weighted by Crippen LogP contribution is 2.18. The van der Waals surface area contributed by atoms with Gasteiger partial charge < -0.3 is 15.6 Å².